The van der Waals surface area contributed by atoms with Crippen molar-refractivity contribution < 1.29 is 27.7 Å². The van der Waals surface area contributed by atoms with Gasteiger partial charge in [-0.25, -0.2) is 4.98 Å². The van der Waals surface area contributed by atoms with Crippen molar-refractivity contribution in [3.8, 4) is 0 Å². The number of nitrogens with two attached hydrogens (primary N) is 1. The average molecular weight is 456 g/mol. The summed E-state index contributed by atoms with van der Waals surface area (Å²) in [6.45, 7) is 4.21. The third kappa shape index (κ3) is 4.05. The summed E-state index contributed by atoms with van der Waals surface area (Å²) in [6.07, 6.45) is -3.61. The molecule has 3 aromatic heterocycles. The fourth-order valence-electron chi connectivity index (χ4n) is 2.92. The zero-order valence-corrected chi connectivity index (χ0v) is 17.1. The molecule has 164 valence electrons. The number of aryl methyl sites for hydroxylation is 2. The predicted octanol–water partition coefficient (Wildman–Crippen LogP) is 3.34. The van der Waals surface area contributed by atoms with Crippen LogP contribution in [0.2, 0.25) is 0 Å². The Bertz CT molecular complexity index is 1230. The first-order chi connectivity index (χ1) is 14.3. The third-order valence-corrected chi connectivity index (χ3v) is 5.58. The second-order valence-electron chi connectivity index (χ2n) is 6.67. The maximum atomic E-state index is 13.1. The number of hydrogen-bond acceptors (Lipinski definition) is 7. The monoisotopic (exact) mass is 456 g/mol. The maximum absolute atomic E-state index is 13.1. The number of nitrogens with zero attached hydrogens (tertiary/aromatic N) is 4. The number of aromatic nitrogens is 3. The zero-order chi connectivity index (χ0) is 23.2. The van der Waals surface area contributed by atoms with Crippen molar-refractivity contribution in [3.05, 3.63) is 44.2 Å². The predicted molar refractivity (Wildman–Crippen MR) is 105 cm³/mol. The lowest BCUT2D eigenvalue weighted by Gasteiger charge is -2.14. The van der Waals surface area contributed by atoms with Crippen molar-refractivity contribution in [2.24, 2.45) is 5.73 Å². The van der Waals surface area contributed by atoms with Crippen molar-refractivity contribution in [2.75, 3.05) is 5.32 Å². The number of carbonyl (C=O) groups is 2. The van der Waals surface area contributed by atoms with Gasteiger partial charge in [-0.05, 0) is 32.4 Å². The van der Waals surface area contributed by atoms with E-state index in [1.54, 1.807) is 0 Å². The maximum Gasteiger partial charge on any atom is 0.433 e. The largest absolute Gasteiger partial charge is 0.433 e. The Balaban J connectivity index is 2.04. The van der Waals surface area contributed by atoms with Crippen LogP contribution in [0.25, 0.3) is 10.2 Å². The van der Waals surface area contributed by atoms with Gasteiger partial charge in [0.05, 0.1) is 10.6 Å². The van der Waals surface area contributed by atoms with E-state index in [1.165, 1.54) is 20.8 Å². The van der Waals surface area contributed by atoms with Crippen molar-refractivity contribution in [1.29, 1.82) is 0 Å². The number of carbonyl (C=O) groups excluding carboxylic acids is 2. The molecule has 31 heavy (non-hydrogen) atoms. The first kappa shape index (κ1) is 22.1. The number of halogens is 3. The summed E-state index contributed by atoms with van der Waals surface area (Å²) in [6, 6.07) is -0.232. The molecule has 10 nitrogen and oxygen atoms in total. The van der Waals surface area contributed by atoms with Crippen LogP contribution in [0.1, 0.15) is 39.6 Å². The molecule has 0 fully saturated rings. The number of pyridine rings is 1. The SMILES string of the molecule is Cc1nn(C(C)C(=O)Nc2c(C(N)=O)sc3nc(C(F)(F)F)cc(C)c23)cc1[N+](=O)[O-]. The molecule has 3 aromatic rings. The standard InChI is InChI=1S/C17H15F3N6O4S/c1-6-4-10(17(18,19)20)22-16-11(6)12(13(31-16)14(21)27)23-15(28)8(3)25-5-9(26(29)30)7(2)24-25/h4-5,8H,1-3H3,(H2,21,27)(H,23,28). The highest BCUT2D eigenvalue weighted by Crippen LogP contribution is 2.40. The van der Waals surface area contributed by atoms with E-state index < -0.39 is 34.6 Å². The van der Waals surface area contributed by atoms with E-state index in [0.717, 1.165) is 16.9 Å². The molecular weight excluding hydrogens is 441 g/mol. The minimum absolute atomic E-state index is 0.0681. The van der Waals surface area contributed by atoms with Gasteiger partial charge < -0.3 is 11.1 Å². The van der Waals surface area contributed by atoms with Gasteiger partial charge in [0.25, 0.3) is 5.91 Å². The fourth-order valence-corrected chi connectivity index (χ4v) is 3.98. The summed E-state index contributed by atoms with van der Waals surface area (Å²) in [5.41, 5.74) is 4.10. The Hall–Kier alpha value is -3.55. The topological polar surface area (TPSA) is 146 Å². The van der Waals surface area contributed by atoms with Crippen LogP contribution in [0.3, 0.4) is 0 Å². The van der Waals surface area contributed by atoms with Gasteiger partial charge in [-0.1, -0.05) is 0 Å². The molecule has 0 aliphatic rings. The molecule has 1 unspecified atom stereocenters. The molecule has 14 heteroatoms. The molecule has 0 spiro atoms. The highest BCUT2D eigenvalue weighted by molar-refractivity contribution is 7.21. The molecule has 0 saturated heterocycles. The molecule has 0 aliphatic carbocycles. The van der Waals surface area contributed by atoms with Crippen LogP contribution >= 0.6 is 11.3 Å². The minimum Gasteiger partial charge on any atom is -0.365 e. The van der Waals surface area contributed by atoms with E-state index in [4.69, 9.17) is 5.73 Å². The zero-order valence-electron chi connectivity index (χ0n) is 16.3. The number of hydrogen-bond donors (Lipinski definition) is 2. The van der Waals surface area contributed by atoms with Crippen LogP contribution in [-0.4, -0.2) is 31.5 Å². The van der Waals surface area contributed by atoms with Gasteiger partial charge in [0, 0.05) is 5.39 Å². The van der Waals surface area contributed by atoms with Gasteiger partial charge in [-0.2, -0.15) is 18.3 Å². The van der Waals surface area contributed by atoms with Crippen molar-refractivity contribution in [3.63, 3.8) is 0 Å². The van der Waals surface area contributed by atoms with Crippen molar-refractivity contribution in [1.82, 2.24) is 14.8 Å². The molecular formula is C17H15F3N6O4S. The number of nitrogens with one attached hydrogen (secondary N) is 1. The van der Waals surface area contributed by atoms with Crippen LogP contribution in [0.5, 0.6) is 0 Å². The highest BCUT2D eigenvalue weighted by atomic mass is 32.1. The number of thiophene rings is 1. The van der Waals surface area contributed by atoms with E-state index >= 15 is 0 Å². The number of alkyl halides is 3. The Morgan fingerprint density at radius 3 is 2.52 bits per heavy atom. The summed E-state index contributed by atoms with van der Waals surface area (Å²) in [5, 5.41) is 17.6. The average Bonchev–Trinajstić information content (AvgIpc) is 3.21. The second-order valence-corrected chi connectivity index (χ2v) is 7.67. The summed E-state index contributed by atoms with van der Waals surface area (Å²) in [4.78, 5) is 38.3. The van der Waals surface area contributed by atoms with Crippen molar-refractivity contribution >= 4 is 44.7 Å². The smallest absolute Gasteiger partial charge is 0.365 e. The van der Waals surface area contributed by atoms with Gasteiger partial charge in [0.1, 0.15) is 33.3 Å². The van der Waals surface area contributed by atoms with Crippen LogP contribution in [0.4, 0.5) is 24.5 Å². The van der Waals surface area contributed by atoms with E-state index in [2.05, 4.69) is 15.4 Å². The quantitative estimate of drug-likeness (QED) is 0.445. The second kappa shape index (κ2) is 7.61. The van der Waals surface area contributed by atoms with E-state index in [9.17, 15) is 32.9 Å². The number of rotatable bonds is 5. The van der Waals surface area contributed by atoms with Crippen LogP contribution in [0.15, 0.2) is 12.3 Å². The lowest BCUT2D eigenvalue weighted by Crippen LogP contribution is -2.25. The number of amides is 2. The Morgan fingerprint density at radius 1 is 1.35 bits per heavy atom. The number of fused-ring (bicyclic) bond motifs is 1. The molecule has 3 N–H and O–H groups in total. The molecule has 3 heterocycles. The Morgan fingerprint density at radius 2 is 2.00 bits per heavy atom. The number of nitro groups is 1. The van der Waals surface area contributed by atoms with E-state index in [-0.39, 0.29) is 37.7 Å². The Labute approximate surface area is 176 Å². The van der Waals surface area contributed by atoms with Gasteiger partial charge in [-0.3, -0.25) is 24.4 Å². The Kier molecular flexibility index (Phi) is 5.43. The number of anilines is 1. The van der Waals surface area contributed by atoms with E-state index in [1.807, 2.05) is 0 Å². The number of primary amides is 1. The molecule has 0 bridgehead atoms. The first-order valence-corrected chi connectivity index (χ1v) is 9.45. The lowest BCUT2D eigenvalue weighted by atomic mass is 10.1. The van der Waals surface area contributed by atoms with Crippen LogP contribution < -0.4 is 11.1 Å². The summed E-state index contributed by atoms with van der Waals surface area (Å²) in [7, 11) is 0. The van der Waals surface area contributed by atoms with Gasteiger partial charge in [0.2, 0.25) is 5.91 Å². The molecule has 3 rings (SSSR count). The molecule has 0 aromatic carbocycles. The summed E-state index contributed by atoms with van der Waals surface area (Å²) >= 11 is 0.624. The van der Waals surface area contributed by atoms with Gasteiger partial charge in [-0.15, -0.1) is 11.3 Å². The fraction of sp³-hybridized carbons (Fsp3) is 0.294. The molecule has 0 aliphatic heterocycles. The molecule has 2 amide bonds. The normalized spacial score (nSPS) is 12.7. The molecule has 0 saturated carbocycles. The minimum atomic E-state index is -4.69. The summed E-state index contributed by atoms with van der Waals surface area (Å²) < 4.78 is 40.3. The third-order valence-electron chi connectivity index (χ3n) is 4.49. The van der Waals surface area contributed by atoms with E-state index in [0.29, 0.717) is 11.3 Å². The lowest BCUT2D eigenvalue weighted by molar-refractivity contribution is -0.385. The van der Waals surface area contributed by atoms with Crippen LogP contribution in [0, 0.1) is 24.0 Å². The molecule has 1 atom stereocenters. The first-order valence-electron chi connectivity index (χ1n) is 8.63. The van der Waals surface area contributed by atoms with Crippen molar-refractivity contribution in [2.45, 2.75) is 33.0 Å². The highest BCUT2D eigenvalue weighted by Gasteiger charge is 2.34. The molecule has 0 radical (unpaired) electrons. The van der Waals surface area contributed by atoms with Crippen LogP contribution in [-0.2, 0) is 11.0 Å². The van der Waals surface area contributed by atoms with Gasteiger partial charge in [0.15, 0.2) is 0 Å². The summed E-state index contributed by atoms with van der Waals surface area (Å²) in [5.74, 6) is -1.66. The van der Waals surface area contributed by atoms with Gasteiger partial charge >= 0.3 is 11.9 Å².